The van der Waals surface area contributed by atoms with Gasteiger partial charge in [-0.25, -0.2) is 14.8 Å². The molecule has 0 aliphatic carbocycles. The highest BCUT2D eigenvalue weighted by molar-refractivity contribution is 9.10. The second kappa shape index (κ2) is 7.09. The van der Waals surface area contributed by atoms with Gasteiger partial charge in [0.1, 0.15) is 5.69 Å². The summed E-state index contributed by atoms with van der Waals surface area (Å²) in [6.45, 7) is 5.96. The lowest BCUT2D eigenvalue weighted by Gasteiger charge is -2.29. The molecule has 0 unspecified atom stereocenters. The number of aromatic nitrogens is 2. The Labute approximate surface area is 170 Å². The monoisotopic (exact) mass is 445 g/mol. The van der Waals surface area contributed by atoms with Crippen LogP contribution in [-0.2, 0) is 0 Å². The Balaban J connectivity index is 1.50. The fraction of sp³-hybridized carbons (Fsp3) is 0.316. The molecule has 3 heterocycles. The number of thiophene rings is 1. The molecule has 2 amide bonds. The van der Waals surface area contributed by atoms with Crippen LogP contribution in [-0.4, -0.2) is 46.1 Å². The van der Waals surface area contributed by atoms with Gasteiger partial charge >= 0.3 is 6.03 Å². The normalized spacial score (nSPS) is 16.0. The van der Waals surface area contributed by atoms with Crippen molar-refractivity contribution in [2.75, 3.05) is 25.0 Å². The summed E-state index contributed by atoms with van der Waals surface area (Å²) in [5, 5.41) is 7.33. The zero-order valence-corrected chi connectivity index (χ0v) is 17.5. The highest BCUT2D eigenvalue weighted by Crippen LogP contribution is 2.36. The molecule has 0 radical (unpaired) electrons. The first-order chi connectivity index (χ1) is 12.9. The van der Waals surface area contributed by atoms with E-state index >= 15 is 0 Å². The van der Waals surface area contributed by atoms with E-state index in [1.54, 1.807) is 17.5 Å². The van der Waals surface area contributed by atoms with Gasteiger partial charge in [0.25, 0.3) is 0 Å². The number of hydrogen-bond donors (Lipinski definition) is 2. The third kappa shape index (κ3) is 3.64. The summed E-state index contributed by atoms with van der Waals surface area (Å²) in [7, 11) is 0. The fourth-order valence-electron chi connectivity index (χ4n) is 3.17. The number of fused-ring (bicyclic) bond motifs is 1. The van der Waals surface area contributed by atoms with E-state index in [9.17, 15) is 4.79 Å². The molecular formula is C19H20BrN5OS. The Morgan fingerprint density at radius 2 is 2.19 bits per heavy atom. The maximum atomic E-state index is 12.0. The number of anilines is 1. The fourth-order valence-corrected chi connectivity index (χ4v) is 4.77. The molecule has 0 atom stereocenters. The Kier molecular flexibility index (Phi) is 4.77. The van der Waals surface area contributed by atoms with Gasteiger partial charge in [0, 0.05) is 30.5 Å². The summed E-state index contributed by atoms with van der Waals surface area (Å²) < 4.78 is 2.09. The Morgan fingerprint density at radius 3 is 2.93 bits per heavy atom. The van der Waals surface area contributed by atoms with Gasteiger partial charge in [0.05, 0.1) is 14.9 Å². The molecule has 0 saturated carbocycles. The van der Waals surface area contributed by atoms with Crippen LogP contribution in [0.25, 0.3) is 20.7 Å². The minimum atomic E-state index is -0.179. The van der Waals surface area contributed by atoms with Gasteiger partial charge in [-0.2, -0.15) is 0 Å². The largest absolute Gasteiger partial charge is 0.352 e. The first kappa shape index (κ1) is 18.2. The van der Waals surface area contributed by atoms with Crippen LogP contribution in [0, 0.1) is 0 Å². The van der Waals surface area contributed by atoms with Gasteiger partial charge in [-0.1, -0.05) is 18.2 Å². The van der Waals surface area contributed by atoms with Crippen molar-refractivity contribution in [2.24, 2.45) is 0 Å². The summed E-state index contributed by atoms with van der Waals surface area (Å²) in [4.78, 5) is 23.9. The molecule has 1 aliphatic heterocycles. The summed E-state index contributed by atoms with van der Waals surface area (Å²) in [6, 6.07) is 10.4. The quantitative estimate of drug-likeness (QED) is 0.612. The summed E-state index contributed by atoms with van der Waals surface area (Å²) in [6.07, 6.45) is 1.77. The number of nitrogens with one attached hydrogen (secondary N) is 2. The Bertz CT molecular complexity index is 970. The molecule has 3 aromatic rings. The van der Waals surface area contributed by atoms with E-state index in [4.69, 9.17) is 0 Å². The molecule has 1 saturated heterocycles. The number of urea groups is 1. The molecular weight excluding hydrogens is 426 g/mol. The van der Waals surface area contributed by atoms with Crippen molar-refractivity contribution in [3.05, 3.63) is 41.0 Å². The standard InChI is InChI=1S/C19H20BrN5OS/c1-19(2)11-23-18(26)25(19)8-7-21-17-22-10-13(20)16(24-17)15-9-12-5-3-4-6-14(12)27-15/h3-6,9-10H,7-8,11H2,1-2H3,(H,23,26)(H,21,22,24). The summed E-state index contributed by atoms with van der Waals surface area (Å²) in [5.41, 5.74) is 0.689. The van der Waals surface area contributed by atoms with E-state index in [0.29, 0.717) is 25.6 Å². The first-order valence-electron chi connectivity index (χ1n) is 8.75. The van der Waals surface area contributed by atoms with Crippen LogP contribution < -0.4 is 10.6 Å². The Morgan fingerprint density at radius 1 is 1.37 bits per heavy atom. The molecule has 1 fully saturated rings. The maximum absolute atomic E-state index is 12.0. The number of hydrogen-bond acceptors (Lipinski definition) is 5. The second-order valence-electron chi connectivity index (χ2n) is 7.09. The van der Waals surface area contributed by atoms with Crippen molar-refractivity contribution in [3.8, 4) is 10.6 Å². The van der Waals surface area contributed by atoms with Crippen LogP contribution >= 0.6 is 27.3 Å². The molecule has 2 N–H and O–H groups in total. The van der Waals surface area contributed by atoms with Crippen LogP contribution in [0.3, 0.4) is 0 Å². The SMILES string of the molecule is CC1(C)CNC(=O)N1CCNc1ncc(Br)c(-c2cc3ccccc3s2)n1. The predicted molar refractivity (Wildman–Crippen MR) is 113 cm³/mol. The number of amides is 2. The van der Waals surface area contributed by atoms with Crippen LogP contribution in [0.2, 0.25) is 0 Å². The molecule has 2 aromatic heterocycles. The number of benzene rings is 1. The summed E-state index contributed by atoms with van der Waals surface area (Å²) >= 11 is 5.27. The van der Waals surface area contributed by atoms with E-state index in [1.807, 2.05) is 17.0 Å². The van der Waals surface area contributed by atoms with Crippen molar-refractivity contribution in [3.63, 3.8) is 0 Å². The molecule has 140 valence electrons. The molecule has 8 heteroatoms. The van der Waals surface area contributed by atoms with Gasteiger partial charge in [-0.05, 0) is 47.3 Å². The van der Waals surface area contributed by atoms with E-state index in [2.05, 4.69) is 68.6 Å². The average Bonchev–Trinajstić information content (AvgIpc) is 3.18. The van der Waals surface area contributed by atoms with Gasteiger partial charge in [-0.15, -0.1) is 11.3 Å². The third-order valence-corrected chi connectivity index (χ3v) is 6.37. The number of nitrogens with zero attached hydrogens (tertiary/aromatic N) is 3. The zero-order chi connectivity index (χ0) is 19.0. The second-order valence-corrected chi connectivity index (χ2v) is 9.03. The number of carbonyl (C=O) groups is 1. The predicted octanol–water partition coefficient (Wildman–Crippen LogP) is 4.34. The molecule has 0 spiro atoms. The van der Waals surface area contributed by atoms with E-state index < -0.39 is 0 Å². The van der Waals surface area contributed by atoms with Crippen molar-refractivity contribution in [2.45, 2.75) is 19.4 Å². The number of halogens is 1. The van der Waals surface area contributed by atoms with E-state index in [0.717, 1.165) is 15.0 Å². The average molecular weight is 446 g/mol. The van der Waals surface area contributed by atoms with Gasteiger partial charge < -0.3 is 15.5 Å². The third-order valence-electron chi connectivity index (χ3n) is 4.67. The molecule has 1 aromatic carbocycles. The number of rotatable bonds is 5. The zero-order valence-electron chi connectivity index (χ0n) is 15.1. The van der Waals surface area contributed by atoms with Gasteiger partial charge in [0.15, 0.2) is 0 Å². The lowest BCUT2D eigenvalue weighted by Crippen LogP contribution is -2.44. The van der Waals surface area contributed by atoms with Gasteiger partial charge in [-0.3, -0.25) is 0 Å². The van der Waals surface area contributed by atoms with Crippen molar-refractivity contribution in [1.29, 1.82) is 0 Å². The lowest BCUT2D eigenvalue weighted by molar-refractivity contribution is 0.180. The summed E-state index contributed by atoms with van der Waals surface area (Å²) in [5.74, 6) is 0.558. The highest BCUT2D eigenvalue weighted by Gasteiger charge is 2.36. The molecule has 6 nitrogen and oxygen atoms in total. The van der Waals surface area contributed by atoms with Crippen molar-refractivity contribution < 1.29 is 4.79 Å². The van der Waals surface area contributed by atoms with Crippen LogP contribution in [0.4, 0.5) is 10.7 Å². The Hall–Kier alpha value is -2.19. The smallest absolute Gasteiger partial charge is 0.318 e. The minimum Gasteiger partial charge on any atom is -0.352 e. The van der Waals surface area contributed by atoms with E-state index in [-0.39, 0.29) is 11.6 Å². The van der Waals surface area contributed by atoms with Crippen LogP contribution in [0.15, 0.2) is 41.0 Å². The van der Waals surface area contributed by atoms with Gasteiger partial charge in [0.2, 0.25) is 5.95 Å². The van der Waals surface area contributed by atoms with E-state index in [1.165, 1.54) is 10.1 Å². The molecule has 4 rings (SSSR count). The molecule has 1 aliphatic rings. The molecule has 0 bridgehead atoms. The van der Waals surface area contributed by atoms with Crippen LogP contribution in [0.1, 0.15) is 13.8 Å². The van der Waals surface area contributed by atoms with Crippen molar-refractivity contribution >= 4 is 49.3 Å². The highest BCUT2D eigenvalue weighted by atomic mass is 79.9. The minimum absolute atomic E-state index is 0.0236. The molecule has 27 heavy (non-hydrogen) atoms. The maximum Gasteiger partial charge on any atom is 0.318 e. The lowest BCUT2D eigenvalue weighted by atomic mass is 10.1. The first-order valence-corrected chi connectivity index (χ1v) is 10.4. The van der Waals surface area contributed by atoms with Crippen molar-refractivity contribution in [1.82, 2.24) is 20.2 Å². The van der Waals surface area contributed by atoms with Crippen LogP contribution in [0.5, 0.6) is 0 Å². The topological polar surface area (TPSA) is 70.2 Å². The number of carbonyl (C=O) groups excluding carboxylic acids is 1.